The van der Waals surface area contributed by atoms with Crippen LogP contribution in [-0.4, -0.2) is 34.5 Å². The number of methoxy groups -OCH3 is 2. The van der Waals surface area contributed by atoms with Gasteiger partial charge in [0.05, 0.1) is 25.8 Å². The Morgan fingerprint density at radius 2 is 2.06 bits per heavy atom. The molecule has 3 heterocycles. The van der Waals surface area contributed by atoms with Crippen LogP contribution in [0.2, 0.25) is 0 Å². The van der Waals surface area contributed by atoms with Crippen molar-refractivity contribution in [2.24, 2.45) is 0 Å². The van der Waals surface area contributed by atoms with Gasteiger partial charge in [0.15, 0.2) is 11.6 Å². The van der Waals surface area contributed by atoms with Crippen molar-refractivity contribution in [3.8, 4) is 10.8 Å². The number of hydrogen-bond acceptors (Lipinski definition) is 6. The first kappa shape index (κ1) is 23.4. The number of nitrogens with zero attached hydrogens (tertiary/aromatic N) is 3. The lowest BCUT2D eigenvalue weighted by Crippen LogP contribution is -2.24. The highest BCUT2D eigenvalue weighted by Gasteiger charge is 2.18. The van der Waals surface area contributed by atoms with Gasteiger partial charge in [0.25, 0.3) is 11.5 Å². The van der Waals surface area contributed by atoms with Gasteiger partial charge in [0.1, 0.15) is 10.7 Å². The van der Waals surface area contributed by atoms with Gasteiger partial charge in [-0.15, -0.1) is 11.3 Å². The van der Waals surface area contributed by atoms with E-state index in [0.717, 1.165) is 10.6 Å². The summed E-state index contributed by atoms with van der Waals surface area (Å²) in [7, 11) is 2.91. The van der Waals surface area contributed by atoms with Crippen LogP contribution < -0.4 is 15.6 Å². The Labute approximate surface area is 199 Å². The molecule has 34 heavy (non-hydrogen) atoms. The number of hydrogen-bond donors (Lipinski definition) is 1. The molecule has 10 heteroatoms. The van der Waals surface area contributed by atoms with Crippen LogP contribution in [0.25, 0.3) is 5.00 Å². The molecule has 176 valence electrons. The molecule has 4 aromatic rings. The minimum Gasteiger partial charge on any atom is -0.494 e. The first-order chi connectivity index (χ1) is 16.5. The molecular weight excluding hydrogens is 459 g/mol. The number of nitrogens with one attached hydrogen (secondary N) is 1. The monoisotopic (exact) mass is 482 g/mol. The van der Waals surface area contributed by atoms with E-state index in [0.29, 0.717) is 23.4 Å². The molecular formula is C24H23FN4O4S. The minimum atomic E-state index is -0.510. The van der Waals surface area contributed by atoms with Crippen LogP contribution in [0.5, 0.6) is 5.75 Å². The van der Waals surface area contributed by atoms with Gasteiger partial charge in [-0.05, 0) is 29.1 Å². The molecule has 0 aliphatic rings. The number of rotatable bonds is 9. The maximum absolute atomic E-state index is 14.4. The second-order valence-corrected chi connectivity index (χ2v) is 8.33. The Morgan fingerprint density at radius 3 is 2.82 bits per heavy atom. The van der Waals surface area contributed by atoms with Crippen LogP contribution in [0.4, 0.5) is 4.39 Å². The number of carbonyl (C=O) groups is 1. The Balaban J connectivity index is 1.50. The smallest absolute Gasteiger partial charge is 0.255 e. The van der Waals surface area contributed by atoms with Crippen molar-refractivity contribution in [2.45, 2.75) is 19.7 Å². The molecule has 0 spiro atoms. The van der Waals surface area contributed by atoms with Crippen molar-refractivity contribution in [3.63, 3.8) is 0 Å². The second-order valence-electron chi connectivity index (χ2n) is 7.44. The number of halogens is 1. The van der Waals surface area contributed by atoms with Crippen LogP contribution in [0.3, 0.4) is 0 Å². The van der Waals surface area contributed by atoms with E-state index in [1.807, 2.05) is 11.4 Å². The summed E-state index contributed by atoms with van der Waals surface area (Å²) in [6.45, 7) is 0.559. The molecule has 0 fully saturated rings. The molecule has 0 atom stereocenters. The van der Waals surface area contributed by atoms with Gasteiger partial charge >= 0.3 is 0 Å². The summed E-state index contributed by atoms with van der Waals surface area (Å²) in [6, 6.07) is 11.7. The van der Waals surface area contributed by atoms with Crippen molar-refractivity contribution in [1.29, 1.82) is 0 Å². The summed E-state index contributed by atoms with van der Waals surface area (Å²) in [6.07, 6.45) is 3.35. The first-order valence-corrected chi connectivity index (χ1v) is 11.3. The third kappa shape index (κ3) is 5.08. The molecule has 1 amide bonds. The number of benzene rings is 1. The van der Waals surface area contributed by atoms with Crippen LogP contribution >= 0.6 is 11.3 Å². The summed E-state index contributed by atoms with van der Waals surface area (Å²) in [5.41, 5.74) is 1.97. The van der Waals surface area contributed by atoms with Crippen LogP contribution in [0, 0.1) is 5.82 Å². The Morgan fingerprint density at radius 1 is 1.21 bits per heavy atom. The summed E-state index contributed by atoms with van der Waals surface area (Å²) in [5, 5.41) is 9.96. The lowest BCUT2D eigenvalue weighted by molar-refractivity contribution is 0.0945. The number of thiophene rings is 1. The van der Waals surface area contributed by atoms with Gasteiger partial charge in [-0.1, -0.05) is 18.2 Å². The highest BCUT2D eigenvalue weighted by Crippen LogP contribution is 2.21. The molecule has 1 aromatic carbocycles. The Bertz CT molecular complexity index is 1360. The zero-order valence-electron chi connectivity index (χ0n) is 18.7. The van der Waals surface area contributed by atoms with Crippen molar-refractivity contribution >= 4 is 17.2 Å². The van der Waals surface area contributed by atoms with E-state index in [1.54, 1.807) is 45.9 Å². The fraction of sp³-hybridized carbons (Fsp3) is 0.208. The van der Waals surface area contributed by atoms with Crippen molar-refractivity contribution in [2.75, 3.05) is 14.2 Å². The average molecular weight is 483 g/mol. The number of aromatic nitrogens is 3. The third-order valence-corrected chi connectivity index (χ3v) is 6.09. The standard InChI is InChI=1S/C24H23FN4O4S/c1-32-14-19-18(24(31)26-11-17-6-5-7-20(33-2)23(17)25)13-28(27-19)12-16-10-22(34-15-16)29-9-4-3-8-21(29)30/h3-10,13,15H,11-12,14H2,1-2H3,(H,26,31). The lowest BCUT2D eigenvalue weighted by atomic mass is 10.2. The summed E-state index contributed by atoms with van der Waals surface area (Å²) < 4.78 is 27.8. The van der Waals surface area contributed by atoms with E-state index in [2.05, 4.69) is 10.4 Å². The van der Waals surface area contributed by atoms with E-state index < -0.39 is 5.82 Å². The molecule has 0 bridgehead atoms. The summed E-state index contributed by atoms with van der Waals surface area (Å²) in [5.74, 6) is -0.779. The topological polar surface area (TPSA) is 87.4 Å². The highest BCUT2D eigenvalue weighted by atomic mass is 32.1. The quantitative estimate of drug-likeness (QED) is 0.395. The highest BCUT2D eigenvalue weighted by molar-refractivity contribution is 7.12. The third-order valence-electron chi connectivity index (χ3n) is 5.11. The van der Waals surface area contributed by atoms with Gasteiger partial charge in [0, 0.05) is 37.7 Å². The molecule has 0 radical (unpaired) electrons. The van der Waals surface area contributed by atoms with Gasteiger partial charge in [0.2, 0.25) is 0 Å². The zero-order valence-corrected chi connectivity index (χ0v) is 19.5. The van der Waals surface area contributed by atoms with Crippen LogP contribution in [0.1, 0.15) is 27.2 Å². The fourth-order valence-electron chi connectivity index (χ4n) is 3.46. The normalized spacial score (nSPS) is 10.9. The zero-order chi connectivity index (χ0) is 24.1. The number of pyridine rings is 1. The van der Waals surface area contributed by atoms with Gasteiger partial charge in [-0.2, -0.15) is 5.10 Å². The van der Waals surface area contributed by atoms with E-state index >= 15 is 0 Å². The maximum Gasteiger partial charge on any atom is 0.255 e. The van der Waals surface area contributed by atoms with E-state index in [1.165, 1.54) is 37.7 Å². The Kier molecular flexibility index (Phi) is 7.19. The average Bonchev–Trinajstić information content (AvgIpc) is 3.46. The predicted octanol–water partition coefficient (Wildman–Crippen LogP) is 3.37. The van der Waals surface area contributed by atoms with Crippen molar-refractivity contribution < 1.29 is 18.7 Å². The van der Waals surface area contributed by atoms with Crippen molar-refractivity contribution in [1.82, 2.24) is 19.7 Å². The summed E-state index contributed by atoms with van der Waals surface area (Å²) in [4.78, 5) is 24.9. The van der Waals surface area contributed by atoms with Crippen molar-refractivity contribution in [3.05, 3.63) is 98.8 Å². The van der Waals surface area contributed by atoms with Gasteiger partial charge in [-0.3, -0.25) is 18.8 Å². The summed E-state index contributed by atoms with van der Waals surface area (Å²) >= 11 is 1.45. The molecule has 0 aliphatic heterocycles. The molecule has 0 saturated carbocycles. The van der Waals surface area contributed by atoms with E-state index in [-0.39, 0.29) is 30.4 Å². The number of ether oxygens (including phenoxy) is 2. The molecule has 0 saturated heterocycles. The SMILES string of the molecule is COCc1nn(Cc2csc(-n3ccccc3=O)c2)cc1C(=O)NCc1cccc(OC)c1F. The maximum atomic E-state index is 14.4. The second kappa shape index (κ2) is 10.4. The minimum absolute atomic E-state index is 0.000807. The molecule has 3 aromatic heterocycles. The molecule has 4 rings (SSSR count). The molecule has 1 N–H and O–H groups in total. The largest absolute Gasteiger partial charge is 0.494 e. The first-order valence-electron chi connectivity index (χ1n) is 10.4. The number of carbonyl (C=O) groups excluding carboxylic acids is 1. The van der Waals surface area contributed by atoms with Gasteiger partial charge < -0.3 is 14.8 Å². The molecule has 8 nitrogen and oxygen atoms in total. The number of amides is 1. The molecule has 0 aliphatic carbocycles. The Hall–Kier alpha value is -3.76. The van der Waals surface area contributed by atoms with E-state index in [9.17, 15) is 14.0 Å². The predicted molar refractivity (Wildman–Crippen MR) is 126 cm³/mol. The fourth-order valence-corrected chi connectivity index (χ4v) is 4.36. The van der Waals surface area contributed by atoms with Gasteiger partial charge in [-0.25, -0.2) is 4.39 Å². The molecule has 0 unspecified atom stereocenters. The van der Waals surface area contributed by atoms with Crippen LogP contribution in [-0.2, 0) is 24.4 Å². The van der Waals surface area contributed by atoms with E-state index in [4.69, 9.17) is 9.47 Å². The lowest BCUT2D eigenvalue weighted by Gasteiger charge is -2.09. The van der Waals surface area contributed by atoms with Crippen LogP contribution in [0.15, 0.2) is 65.0 Å².